The largest absolute Gasteiger partial charge is 0.346 e. The zero-order chi connectivity index (χ0) is 14.5. The number of nitrogens with zero attached hydrogens (tertiary/aromatic N) is 1. The summed E-state index contributed by atoms with van der Waals surface area (Å²) in [5.74, 6) is 0.578. The molecule has 2 aromatic rings. The van der Waals surface area contributed by atoms with Crippen LogP contribution in [-0.4, -0.2) is 20.2 Å². The summed E-state index contributed by atoms with van der Waals surface area (Å²) in [5, 5.41) is 2.91. The van der Waals surface area contributed by atoms with Crippen LogP contribution in [0.15, 0.2) is 24.3 Å². The summed E-state index contributed by atoms with van der Waals surface area (Å²) in [6.07, 6.45) is 0.474. The molecule has 106 valence electrons. The SMILES string of the molecule is CC(NC(=O)C1(C)CC1(Cl)Cl)c1nc2ccccc2[nH]1. The van der Waals surface area contributed by atoms with Crippen LogP contribution in [-0.2, 0) is 4.79 Å². The van der Waals surface area contributed by atoms with Gasteiger partial charge in [0, 0.05) is 0 Å². The molecule has 1 saturated carbocycles. The van der Waals surface area contributed by atoms with Crippen molar-refractivity contribution in [1.82, 2.24) is 15.3 Å². The Morgan fingerprint density at radius 2 is 2.10 bits per heavy atom. The number of carbonyl (C=O) groups excluding carboxylic acids is 1. The van der Waals surface area contributed by atoms with E-state index in [1.165, 1.54) is 0 Å². The van der Waals surface area contributed by atoms with Gasteiger partial charge in [-0.2, -0.15) is 0 Å². The van der Waals surface area contributed by atoms with Crippen molar-refractivity contribution in [2.45, 2.75) is 30.6 Å². The van der Waals surface area contributed by atoms with E-state index in [4.69, 9.17) is 23.2 Å². The van der Waals surface area contributed by atoms with Gasteiger partial charge in [0.1, 0.15) is 10.2 Å². The van der Waals surface area contributed by atoms with Gasteiger partial charge in [-0.25, -0.2) is 4.98 Å². The average molecular weight is 312 g/mol. The third-order valence-corrected chi connectivity index (χ3v) is 5.03. The highest BCUT2D eigenvalue weighted by molar-refractivity contribution is 6.53. The molecule has 0 saturated heterocycles. The molecule has 0 aliphatic heterocycles. The lowest BCUT2D eigenvalue weighted by Gasteiger charge is -2.16. The molecule has 1 aliphatic rings. The second-order valence-electron chi connectivity index (χ2n) is 5.55. The van der Waals surface area contributed by atoms with Crippen LogP contribution >= 0.6 is 23.2 Å². The highest BCUT2D eigenvalue weighted by atomic mass is 35.5. The predicted molar refractivity (Wildman–Crippen MR) is 79.8 cm³/mol. The maximum absolute atomic E-state index is 12.2. The standard InChI is InChI=1S/C14H15Cl2N3O/c1-8(17-12(20)13(2)7-14(13,15)16)11-18-9-5-3-4-6-10(9)19-11/h3-6,8H,7H2,1-2H3,(H,17,20)(H,18,19). The number of hydrogen-bond acceptors (Lipinski definition) is 2. The number of imidazole rings is 1. The van der Waals surface area contributed by atoms with Crippen molar-refractivity contribution < 1.29 is 4.79 Å². The number of para-hydroxylation sites is 2. The third kappa shape index (κ3) is 2.07. The number of H-pyrrole nitrogens is 1. The molecule has 20 heavy (non-hydrogen) atoms. The third-order valence-electron chi connectivity index (χ3n) is 3.92. The van der Waals surface area contributed by atoms with Crippen molar-refractivity contribution in [3.05, 3.63) is 30.1 Å². The fraction of sp³-hybridized carbons (Fsp3) is 0.429. The van der Waals surface area contributed by atoms with E-state index >= 15 is 0 Å². The molecule has 2 N–H and O–H groups in total. The summed E-state index contributed by atoms with van der Waals surface area (Å²) >= 11 is 12.0. The number of amides is 1. The topological polar surface area (TPSA) is 57.8 Å². The summed E-state index contributed by atoms with van der Waals surface area (Å²) in [4.78, 5) is 19.9. The Kier molecular flexibility index (Phi) is 2.99. The molecule has 0 bridgehead atoms. The van der Waals surface area contributed by atoms with Crippen molar-refractivity contribution in [2.75, 3.05) is 0 Å². The van der Waals surface area contributed by atoms with Crippen molar-refractivity contribution in [2.24, 2.45) is 5.41 Å². The van der Waals surface area contributed by atoms with Gasteiger partial charge in [-0.1, -0.05) is 12.1 Å². The minimum atomic E-state index is -0.954. The second-order valence-corrected chi connectivity index (χ2v) is 7.03. The van der Waals surface area contributed by atoms with Crippen LogP contribution in [0, 0.1) is 5.41 Å². The Labute approximate surface area is 126 Å². The van der Waals surface area contributed by atoms with Crippen molar-refractivity contribution in [3.63, 3.8) is 0 Å². The van der Waals surface area contributed by atoms with Gasteiger partial charge >= 0.3 is 0 Å². The highest BCUT2D eigenvalue weighted by Crippen LogP contribution is 2.63. The van der Waals surface area contributed by atoms with Gasteiger partial charge in [-0.05, 0) is 32.4 Å². The molecular weight excluding hydrogens is 297 g/mol. The summed E-state index contributed by atoms with van der Waals surface area (Å²) in [7, 11) is 0. The maximum atomic E-state index is 12.2. The molecule has 3 rings (SSSR count). The Morgan fingerprint density at radius 3 is 2.70 bits per heavy atom. The molecular formula is C14H15Cl2N3O. The molecule has 0 radical (unpaired) electrons. The number of aromatic amines is 1. The molecule has 6 heteroatoms. The van der Waals surface area contributed by atoms with E-state index in [1.54, 1.807) is 6.92 Å². The molecule has 2 atom stereocenters. The normalized spacial score (nSPS) is 25.4. The van der Waals surface area contributed by atoms with Gasteiger partial charge in [-0.3, -0.25) is 4.79 Å². The first-order valence-electron chi connectivity index (χ1n) is 6.47. The Balaban J connectivity index is 1.76. The Morgan fingerprint density at radius 1 is 1.45 bits per heavy atom. The summed E-state index contributed by atoms with van der Waals surface area (Å²) in [6, 6.07) is 7.52. The van der Waals surface area contributed by atoms with Gasteiger partial charge < -0.3 is 10.3 Å². The van der Waals surface area contributed by atoms with Crippen LogP contribution < -0.4 is 5.32 Å². The van der Waals surface area contributed by atoms with E-state index in [0.717, 1.165) is 16.9 Å². The Bertz CT molecular complexity index is 649. The van der Waals surface area contributed by atoms with E-state index in [1.807, 2.05) is 31.2 Å². The summed E-state index contributed by atoms with van der Waals surface area (Å²) in [6.45, 7) is 3.65. The summed E-state index contributed by atoms with van der Waals surface area (Å²) < 4.78 is -0.954. The lowest BCUT2D eigenvalue weighted by atomic mass is 10.1. The molecule has 1 aromatic carbocycles. The first-order chi connectivity index (χ1) is 9.33. The van der Waals surface area contributed by atoms with Crippen LogP contribution in [0.3, 0.4) is 0 Å². The number of fused-ring (bicyclic) bond motifs is 1. The monoisotopic (exact) mass is 311 g/mol. The summed E-state index contributed by atoms with van der Waals surface area (Å²) in [5.41, 5.74) is 1.12. The lowest BCUT2D eigenvalue weighted by Crippen LogP contribution is -2.35. The number of nitrogens with one attached hydrogen (secondary N) is 2. The van der Waals surface area contributed by atoms with Crippen LogP contribution in [0.2, 0.25) is 0 Å². The number of hydrogen-bond donors (Lipinski definition) is 2. The first-order valence-corrected chi connectivity index (χ1v) is 7.22. The lowest BCUT2D eigenvalue weighted by molar-refractivity contribution is -0.126. The highest BCUT2D eigenvalue weighted by Gasteiger charge is 2.68. The minimum Gasteiger partial charge on any atom is -0.346 e. The van der Waals surface area contributed by atoms with E-state index < -0.39 is 9.75 Å². The molecule has 2 unspecified atom stereocenters. The quantitative estimate of drug-likeness (QED) is 0.854. The molecule has 1 heterocycles. The number of halogens is 2. The van der Waals surface area contributed by atoms with E-state index in [-0.39, 0.29) is 11.9 Å². The van der Waals surface area contributed by atoms with Crippen LogP contribution in [0.1, 0.15) is 32.1 Å². The first kappa shape index (κ1) is 13.7. The molecule has 4 nitrogen and oxygen atoms in total. The van der Waals surface area contributed by atoms with E-state index in [9.17, 15) is 4.79 Å². The van der Waals surface area contributed by atoms with Crippen LogP contribution in [0.5, 0.6) is 0 Å². The van der Waals surface area contributed by atoms with Crippen LogP contribution in [0.25, 0.3) is 11.0 Å². The Hall–Kier alpha value is -1.26. The van der Waals surface area contributed by atoms with Crippen LogP contribution in [0.4, 0.5) is 0 Å². The second kappa shape index (κ2) is 4.37. The number of rotatable bonds is 3. The average Bonchev–Trinajstić information content (AvgIpc) is 2.76. The molecule has 1 aliphatic carbocycles. The maximum Gasteiger partial charge on any atom is 0.229 e. The molecule has 1 aromatic heterocycles. The molecule has 1 fully saturated rings. The van der Waals surface area contributed by atoms with Gasteiger partial charge in [0.15, 0.2) is 0 Å². The van der Waals surface area contributed by atoms with E-state index in [2.05, 4.69) is 15.3 Å². The van der Waals surface area contributed by atoms with Crippen molar-refractivity contribution >= 4 is 40.1 Å². The fourth-order valence-electron chi connectivity index (χ4n) is 2.25. The van der Waals surface area contributed by atoms with Crippen molar-refractivity contribution in [3.8, 4) is 0 Å². The number of alkyl halides is 2. The zero-order valence-corrected chi connectivity index (χ0v) is 12.7. The zero-order valence-electron chi connectivity index (χ0n) is 11.2. The van der Waals surface area contributed by atoms with Gasteiger partial charge in [-0.15, -0.1) is 23.2 Å². The van der Waals surface area contributed by atoms with Gasteiger partial charge in [0.2, 0.25) is 5.91 Å². The van der Waals surface area contributed by atoms with Gasteiger partial charge in [0.05, 0.1) is 22.5 Å². The number of aromatic nitrogens is 2. The molecule has 1 amide bonds. The number of benzene rings is 1. The predicted octanol–water partition coefficient (Wildman–Crippen LogP) is 3.32. The number of carbonyl (C=O) groups is 1. The minimum absolute atomic E-state index is 0.143. The molecule has 0 spiro atoms. The van der Waals surface area contributed by atoms with E-state index in [0.29, 0.717) is 6.42 Å². The van der Waals surface area contributed by atoms with Gasteiger partial charge in [0.25, 0.3) is 0 Å². The smallest absolute Gasteiger partial charge is 0.229 e. The fourth-order valence-corrected chi connectivity index (χ4v) is 2.95. The van der Waals surface area contributed by atoms with Crippen molar-refractivity contribution in [1.29, 1.82) is 0 Å².